The third kappa shape index (κ3) is 1.58. The molecule has 0 amide bonds. The molecule has 0 fully saturated rings. The summed E-state index contributed by atoms with van der Waals surface area (Å²) in [5, 5.41) is 3.96. The standard InChI is InChI=1S/C11H13NO2/c1-11(2,3)10-7-8(12-14-10)9-5-4-6-13-9/h4-7H,1-3H3. The van der Waals surface area contributed by atoms with Crippen LogP contribution in [-0.2, 0) is 5.41 Å². The minimum absolute atomic E-state index is 0.0160. The zero-order chi connectivity index (χ0) is 10.2. The van der Waals surface area contributed by atoms with E-state index in [0.717, 1.165) is 17.2 Å². The van der Waals surface area contributed by atoms with Crippen LogP contribution in [0.25, 0.3) is 11.5 Å². The van der Waals surface area contributed by atoms with Crippen molar-refractivity contribution < 1.29 is 8.94 Å². The Morgan fingerprint density at radius 1 is 1.29 bits per heavy atom. The van der Waals surface area contributed by atoms with Gasteiger partial charge in [0.25, 0.3) is 0 Å². The molecule has 0 saturated heterocycles. The van der Waals surface area contributed by atoms with Crippen molar-refractivity contribution in [3.63, 3.8) is 0 Å². The molecule has 2 rings (SSSR count). The first-order valence-corrected chi connectivity index (χ1v) is 4.58. The van der Waals surface area contributed by atoms with Crippen LogP contribution in [0.3, 0.4) is 0 Å². The molecular weight excluding hydrogens is 178 g/mol. The van der Waals surface area contributed by atoms with E-state index in [1.54, 1.807) is 6.26 Å². The fourth-order valence-electron chi connectivity index (χ4n) is 1.17. The Morgan fingerprint density at radius 3 is 2.57 bits per heavy atom. The van der Waals surface area contributed by atoms with E-state index in [-0.39, 0.29) is 5.41 Å². The number of nitrogens with zero attached hydrogens (tertiary/aromatic N) is 1. The SMILES string of the molecule is CC(C)(C)c1cc(-c2ccco2)no1. The molecule has 2 heterocycles. The molecule has 0 aliphatic heterocycles. The maximum absolute atomic E-state index is 5.24. The summed E-state index contributed by atoms with van der Waals surface area (Å²) in [6.45, 7) is 6.25. The lowest BCUT2D eigenvalue weighted by atomic mass is 9.93. The van der Waals surface area contributed by atoms with Crippen LogP contribution < -0.4 is 0 Å². The summed E-state index contributed by atoms with van der Waals surface area (Å²) in [6, 6.07) is 5.61. The Balaban J connectivity index is 2.36. The monoisotopic (exact) mass is 191 g/mol. The molecule has 0 atom stereocenters. The van der Waals surface area contributed by atoms with Gasteiger partial charge in [0.15, 0.2) is 5.76 Å². The average Bonchev–Trinajstić information content (AvgIpc) is 2.73. The van der Waals surface area contributed by atoms with Gasteiger partial charge in [0.05, 0.1) is 6.26 Å². The summed E-state index contributed by atoms with van der Waals surface area (Å²) >= 11 is 0. The molecule has 0 aromatic carbocycles. The van der Waals surface area contributed by atoms with Gasteiger partial charge in [-0.3, -0.25) is 0 Å². The van der Waals surface area contributed by atoms with E-state index in [2.05, 4.69) is 25.9 Å². The Hall–Kier alpha value is -1.51. The molecule has 0 saturated carbocycles. The third-order valence-corrected chi connectivity index (χ3v) is 2.02. The molecule has 0 radical (unpaired) electrons. The molecule has 0 spiro atoms. The highest BCUT2D eigenvalue weighted by molar-refractivity contribution is 5.51. The summed E-state index contributed by atoms with van der Waals surface area (Å²) in [4.78, 5) is 0. The summed E-state index contributed by atoms with van der Waals surface area (Å²) in [6.07, 6.45) is 1.63. The van der Waals surface area contributed by atoms with E-state index in [9.17, 15) is 0 Å². The lowest BCUT2D eigenvalue weighted by Gasteiger charge is -2.11. The number of rotatable bonds is 1. The smallest absolute Gasteiger partial charge is 0.155 e. The van der Waals surface area contributed by atoms with Crippen LogP contribution >= 0.6 is 0 Å². The molecule has 2 aromatic rings. The van der Waals surface area contributed by atoms with E-state index in [1.165, 1.54) is 0 Å². The first-order chi connectivity index (χ1) is 6.57. The van der Waals surface area contributed by atoms with Gasteiger partial charge in [-0.05, 0) is 12.1 Å². The summed E-state index contributed by atoms with van der Waals surface area (Å²) in [5.41, 5.74) is 0.734. The average molecular weight is 191 g/mol. The van der Waals surface area contributed by atoms with E-state index >= 15 is 0 Å². The summed E-state index contributed by atoms with van der Waals surface area (Å²) in [7, 11) is 0. The molecule has 0 aliphatic carbocycles. The molecule has 0 bridgehead atoms. The van der Waals surface area contributed by atoms with Crippen molar-refractivity contribution in [2.45, 2.75) is 26.2 Å². The van der Waals surface area contributed by atoms with Gasteiger partial charge in [-0.2, -0.15) is 0 Å². The van der Waals surface area contributed by atoms with E-state index < -0.39 is 0 Å². The Morgan fingerprint density at radius 2 is 2.07 bits per heavy atom. The molecule has 3 nitrogen and oxygen atoms in total. The molecule has 74 valence electrons. The zero-order valence-electron chi connectivity index (χ0n) is 8.57. The lowest BCUT2D eigenvalue weighted by molar-refractivity contribution is 0.329. The van der Waals surface area contributed by atoms with Gasteiger partial charge >= 0.3 is 0 Å². The van der Waals surface area contributed by atoms with E-state index in [1.807, 2.05) is 18.2 Å². The highest BCUT2D eigenvalue weighted by Gasteiger charge is 2.20. The Labute approximate surface area is 82.7 Å². The van der Waals surface area contributed by atoms with Crippen LogP contribution in [-0.4, -0.2) is 5.16 Å². The van der Waals surface area contributed by atoms with Crippen LogP contribution in [0, 0.1) is 0 Å². The topological polar surface area (TPSA) is 39.2 Å². The van der Waals surface area contributed by atoms with Crippen LogP contribution in [0.1, 0.15) is 26.5 Å². The molecule has 0 aliphatic rings. The minimum Gasteiger partial charge on any atom is -0.463 e. The molecule has 14 heavy (non-hydrogen) atoms. The molecule has 0 N–H and O–H groups in total. The fraction of sp³-hybridized carbons (Fsp3) is 0.364. The van der Waals surface area contributed by atoms with Crippen LogP contribution in [0.2, 0.25) is 0 Å². The van der Waals surface area contributed by atoms with Crippen molar-refractivity contribution in [3.05, 3.63) is 30.2 Å². The second-order valence-electron chi connectivity index (χ2n) is 4.30. The number of furan rings is 1. The first kappa shape index (κ1) is 9.06. The Bertz CT molecular complexity index is 407. The van der Waals surface area contributed by atoms with E-state index in [0.29, 0.717) is 0 Å². The summed E-state index contributed by atoms with van der Waals surface area (Å²) in [5.74, 6) is 1.60. The zero-order valence-corrected chi connectivity index (χ0v) is 8.57. The van der Waals surface area contributed by atoms with Gasteiger partial charge in [0, 0.05) is 11.5 Å². The Kier molecular flexibility index (Phi) is 1.95. The molecular formula is C11H13NO2. The maximum atomic E-state index is 5.24. The second kappa shape index (κ2) is 3.01. The predicted octanol–water partition coefficient (Wildman–Crippen LogP) is 3.23. The van der Waals surface area contributed by atoms with Crippen LogP contribution in [0.5, 0.6) is 0 Å². The van der Waals surface area contributed by atoms with Crippen molar-refractivity contribution in [2.24, 2.45) is 0 Å². The minimum atomic E-state index is -0.0160. The van der Waals surface area contributed by atoms with Crippen molar-refractivity contribution in [2.75, 3.05) is 0 Å². The summed E-state index contributed by atoms with van der Waals surface area (Å²) < 4.78 is 10.5. The molecule has 2 aromatic heterocycles. The number of hydrogen-bond acceptors (Lipinski definition) is 3. The van der Waals surface area contributed by atoms with Gasteiger partial charge in [0.1, 0.15) is 11.5 Å². The van der Waals surface area contributed by atoms with Gasteiger partial charge in [-0.15, -0.1) is 0 Å². The number of aromatic nitrogens is 1. The highest BCUT2D eigenvalue weighted by Crippen LogP contribution is 2.27. The lowest BCUT2D eigenvalue weighted by Crippen LogP contribution is -2.09. The van der Waals surface area contributed by atoms with E-state index in [4.69, 9.17) is 8.94 Å². The maximum Gasteiger partial charge on any atom is 0.155 e. The molecule has 0 unspecified atom stereocenters. The van der Waals surface area contributed by atoms with Gasteiger partial charge in [-0.25, -0.2) is 0 Å². The van der Waals surface area contributed by atoms with Crippen LogP contribution in [0.4, 0.5) is 0 Å². The first-order valence-electron chi connectivity index (χ1n) is 4.58. The van der Waals surface area contributed by atoms with Crippen molar-refractivity contribution in [1.82, 2.24) is 5.16 Å². The fourth-order valence-corrected chi connectivity index (χ4v) is 1.17. The van der Waals surface area contributed by atoms with Gasteiger partial charge < -0.3 is 8.94 Å². The normalized spacial score (nSPS) is 11.9. The van der Waals surface area contributed by atoms with Crippen molar-refractivity contribution in [1.29, 1.82) is 0 Å². The quantitative estimate of drug-likeness (QED) is 0.694. The van der Waals surface area contributed by atoms with Crippen LogP contribution in [0.15, 0.2) is 33.4 Å². The predicted molar refractivity (Wildman–Crippen MR) is 52.9 cm³/mol. The molecule has 3 heteroatoms. The van der Waals surface area contributed by atoms with Crippen molar-refractivity contribution >= 4 is 0 Å². The van der Waals surface area contributed by atoms with Gasteiger partial charge in [0.2, 0.25) is 0 Å². The van der Waals surface area contributed by atoms with Crippen molar-refractivity contribution in [3.8, 4) is 11.5 Å². The largest absolute Gasteiger partial charge is 0.463 e. The second-order valence-corrected chi connectivity index (χ2v) is 4.30. The number of hydrogen-bond donors (Lipinski definition) is 0. The third-order valence-electron chi connectivity index (χ3n) is 2.02. The highest BCUT2D eigenvalue weighted by atomic mass is 16.5. The van der Waals surface area contributed by atoms with Gasteiger partial charge in [-0.1, -0.05) is 25.9 Å².